The number of hydrogen-bond donors (Lipinski definition) is 0. The van der Waals surface area contributed by atoms with Crippen LogP contribution in [-0.2, 0) is 9.53 Å². The molecule has 2 rings (SSSR count). The predicted molar refractivity (Wildman–Crippen MR) is 119 cm³/mol. The second kappa shape index (κ2) is 13.6. The fourth-order valence-corrected chi connectivity index (χ4v) is 5.67. The summed E-state index contributed by atoms with van der Waals surface area (Å²) in [5.74, 6) is 3.11. The van der Waals surface area contributed by atoms with E-state index in [4.69, 9.17) is 4.74 Å². The highest BCUT2D eigenvalue weighted by molar-refractivity contribution is 5.72. The number of carbonyl (C=O) groups is 1. The van der Waals surface area contributed by atoms with Crippen LogP contribution in [0, 0.1) is 23.7 Å². The Morgan fingerprint density at radius 1 is 0.786 bits per heavy atom. The van der Waals surface area contributed by atoms with Gasteiger partial charge in [-0.3, -0.25) is 4.79 Å². The van der Waals surface area contributed by atoms with Gasteiger partial charge >= 0.3 is 5.97 Å². The van der Waals surface area contributed by atoms with E-state index in [-0.39, 0.29) is 18.0 Å². The first-order valence-corrected chi connectivity index (χ1v) is 12.8. The lowest BCUT2D eigenvalue weighted by molar-refractivity contribution is -0.155. The highest BCUT2D eigenvalue weighted by Crippen LogP contribution is 2.42. The number of hydrogen-bond acceptors (Lipinski definition) is 2. The quantitative estimate of drug-likeness (QED) is 0.248. The number of rotatable bonds is 12. The van der Waals surface area contributed by atoms with E-state index in [1.165, 1.54) is 89.9 Å². The standard InChI is InChI=1S/C26H48O2/c1-4-6-8-10-11-21(3)28-26(27)25-19-17-24(18-20-25)23-15-13-22(14-16-23)12-9-7-5-2/h21-25H,4-20H2,1-3H3. The first-order valence-electron chi connectivity index (χ1n) is 12.8. The molecule has 2 aliphatic carbocycles. The SMILES string of the molecule is CCCCCCC(C)OC(=O)C1CCC(C2CCC(CCCCC)CC2)CC1. The first kappa shape index (κ1) is 23.7. The van der Waals surface area contributed by atoms with Gasteiger partial charge in [0.2, 0.25) is 0 Å². The van der Waals surface area contributed by atoms with Crippen molar-refractivity contribution in [1.29, 1.82) is 0 Å². The molecule has 164 valence electrons. The summed E-state index contributed by atoms with van der Waals surface area (Å²) < 4.78 is 5.77. The highest BCUT2D eigenvalue weighted by atomic mass is 16.5. The molecule has 2 saturated carbocycles. The van der Waals surface area contributed by atoms with Crippen molar-refractivity contribution in [1.82, 2.24) is 0 Å². The summed E-state index contributed by atoms with van der Waals surface area (Å²) in [6, 6.07) is 0. The third-order valence-electron chi connectivity index (χ3n) is 7.66. The second-order valence-electron chi connectivity index (χ2n) is 9.99. The van der Waals surface area contributed by atoms with Gasteiger partial charge in [-0.1, -0.05) is 71.6 Å². The van der Waals surface area contributed by atoms with Crippen molar-refractivity contribution < 1.29 is 9.53 Å². The average Bonchev–Trinajstić information content (AvgIpc) is 2.72. The Labute approximate surface area is 175 Å². The van der Waals surface area contributed by atoms with Crippen LogP contribution in [0.25, 0.3) is 0 Å². The minimum atomic E-state index is 0.0982. The van der Waals surface area contributed by atoms with Gasteiger partial charge in [-0.2, -0.15) is 0 Å². The molecular formula is C26H48O2. The van der Waals surface area contributed by atoms with Gasteiger partial charge in [-0.05, 0) is 76.0 Å². The van der Waals surface area contributed by atoms with Crippen molar-refractivity contribution in [2.45, 2.75) is 136 Å². The van der Waals surface area contributed by atoms with Crippen molar-refractivity contribution in [3.05, 3.63) is 0 Å². The van der Waals surface area contributed by atoms with Gasteiger partial charge in [0.05, 0.1) is 12.0 Å². The maximum absolute atomic E-state index is 12.5. The zero-order valence-electron chi connectivity index (χ0n) is 19.2. The van der Waals surface area contributed by atoms with Crippen LogP contribution in [0.5, 0.6) is 0 Å². The van der Waals surface area contributed by atoms with Crippen molar-refractivity contribution in [2.75, 3.05) is 0 Å². The largest absolute Gasteiger partial charge is 0.462 e. The van der Waals surface area contributed by atoms with E-state index in [1.54, 1.807) is 0 Å². The molecule has 0 heterocycles. The molecule has 0 radical (unpaired) electrons. The van der Waals surface area contributed by atoms with Gasteiger partial charge in [-0.15, -0.1) is 0 Å². The zero-order chi connectivity index (χ0) is 20.2. The summed E-state index contributed by atoms with van der Waals surface area (Å²) in [7, 11) is 0. The summed E-state index contributed by atoms with van der Waals surface area (Å²) in [6.07, 6.45) is 22.3. The van der Waals surface area contributed by atoms with Gasteiger partial charge < -0.3 is 4.74 Å². The maximum Gasteiger partial charge on any atom is 0.309 e. The lowest BCUT2D eigenvalue weighted by atomic mass is 9.68. The van der Waals surface area contributed by atoms with E-state index < -0.39 is 0 Å². The van der Waals surface area contributed by atoms with E-state index >= 15 is 0 Å². The summed E-state index contributed by atoms with van der Waals surface area (Å²) >= 11 is 0. The van der Waals surface area contributed by atoms with Crippen LogP contribution in [0.1, 0.15) is 130 Å². The molecule has 0 aromatic carbocycles. The van der Waals surface area contributed by atoms with Crippen molar-refractivity contribution in [3.63, 3.8) is 0 Å². The Morgan fingerprint density at radius 2 is 1.36 bits per heavy atom. The van der Waals surface area contributed by atoms with Gasteiger partial charge in [0.25, 0.3) is 0 Å². The second-order valence-corrected chi connectivity index (χ2v) is 9.99. The lowest BCUT2D eigenvalue weighted by Crippen LogP contribution is -2.30. The third kappa shape index (κ3) is 8.46. The molecule has 0 aliphatic heterocycles. The van der Waals surface area contributed by atoms with E-state index in [9.17, 15) is 4.79 Å². The number of ether oxygens (including phenoxy) is 1. The molecule has 0 spiro atoms. The molecule has 0 saturated heterocycles. The van der Waals surface area contributed by atoms with Crippen LogP contribution in [0.2, 0.25) is 0 Å². The van der Waals surface area contributed by atoms with Crippen molar-refractivity contribution in [2.24, 2.45) is 23.7 Å². The van der Waals surface area contributed by atoms with E-state index in [1.807, 2.05) is 0 Å². The molecule has 0 amide bonds. The first-order chi connectivity index (χ1) is 13.6. The Bertz CT molecular complexity index is 403. The average molecular weight is 393 g/mol. The van der Waals surface area contributed by atoms with Gasteiger partial charge in [-0.25, -0.2) is 0 Å². The van der Waals surface area contributed by atoms with Crippen LogP contribution < -0.4 is 0 Å². The summed E-state index contributed by atoms with van der Waals surface area (Å²) in [5, 5.41) is 0. The summed E-state index contributed by atoms with van der Waals surface area (Å²) in [5.41, 5.74) is 0. The fraction of sp³-hybridized carbons (Fsp3) is 0.962. The van der Waals surface area contributed by atoms with Crippen LogP contribution in [-0.4, -0.2) is 12.1 Å². The Morgan fingerprint density at radius 3 is 1.96 bits per heavy atom. The lowest BCUT2D eigenvalue weighted by Gasteiger charge is -2.37. The number of carbonyl (C=O) groups excluding carboxylic acids is 1. The van der Waals surface area contributed by atoms with Crippen molar-refractivity contribution in [3.8, 4) is 0 Å². The van der Waals surface area contributed by atoms with Gasteiger partial charge in [0, 0.05) is 0 Å². The Hall–Kier alpha value is -0.530. The van der Waals surface area contributed by atoms with Crippen LogP contribution in [0.4, 0.5) is 0 Å². The van der Waals surface area contributed by atoms with Gasteiger partial charge in [0.1, 0.15) is 0 Å². The normalized spacial score (nSPS) is 29.4. The minimum Gasteiger partial charge on any atom is -0.462 e. The van der Waals surface area contributed by atoms with Crippen LogP contribution in [0.15, 0.2) is 0 Å². The van der Waals surface area contributed by atoms with E-state index in [2.05, 4.69) is 20.8 Å². The summed E-state index contributed by atoms with van der Waals surface area (Å²) in [6.45, 7) is 6.62. The maximum atomic E-state index is 12.5. The number of unbranched alkanes of at least 4 members (excludes halogenated alkanes) is 5. The smallest absolute Gasteiger partial charge is 0.309 e. The molecule has 1 unspecified atom stereocenters. The molecular weight excluding hydrogens is 344 g/mol. The van der Waals surface area contributed by atoms with E-state index in [0.717, 1.165) is 37.0 Å². The molecule has 2 nitrogen and oxygen atoms in total. The molecule has 0 aromatic heterocycles. The molecule has 0 N–H and O–H groups in total. The molecule has 1 atom stereocenters. The molecule has 2 aliphatic rings. The molecule has 0 aromatic rings. The summed E-state index contributed by atoms with van der Waals surface area (Å²) in [4.78, 5) is 12.5. The molecule has 0 bridgehead atoms. The molecule has 2 heteroatoms. The monoisotopic (exact) mass is 392 g/mol. The topological polar surface area (TPSA) is 26.3 Å². The van der Waals surface area contributed by atoms with Gasteiger partial charge in [0.15, 0.2) is 0 Å². The third-order valence-corrected chi connectivity index (χ3v) is 7.66. The number of esters is 1. The Balaban J connectivity index is 1.60. The minimum absolute atomic E-state index is 0.0982. The van der Waals surface area contributed by atoms with Crippen molar-refractivity contribution >= 4 is 5.97 Å². The Kier molecular flexibility index (Phi) is 11.6. The highest BCUT2D eigenvalue weighted by Gasteiger charge is 2.33. The zero-order valence-corrected chi connectivity index (χ0v) is 19.2. The predicted octanol–water partition coefficient (Wildman–Crippen LogP) is 8.08. The van der Waals surface area contributed by atoms with Crippen LogP contribution >= 0.6 is 0 Å². The van der Waals surface area contributed by atoms with E-state index in [0.29, 0.717) is 0 Å². The molecule has 28 heavy (non-hydrogen) atoms. The fourth-order valence-electron chi connectivity index (χ4n) is 5.67. The van der Waals surface area contributed by atoms with Crippen LogP contribution in [0.3, 0.4) is 0 Å². The molecule has 2 fully saturated rings.